The Labute approximate surface area is 159 Å². The molecule has 1 atom stereocenters. The second-order valence-corrected chi connectivity index (χ2v) is 7.32. The average molecular weight is 406 g/mol. The zero-order chi connectivity index (χ0) is 18.0. The molecule has 26 heavy (non-hydrogen) atoms. The molecule has 1 fully saturated rings. The number of carbonyl (C=O) groups is 1. The third-order valence-electron chi connectivity index (χ3n) is 4.35. The molecule has 1 saturated heterocycles. The minimum atomic E-state index is -4.35. The molecule has 4 nitrogen and oxygen atoms in total. The lowest BCUT2D eigenvalue weighted by Crippen LogP contribution is -2.48. The van der Waals surface area contributed by atoms with Crippen molar-refractivity contribution >= 4 is 34.8 Å². The number of benzene rings is 1. The van der Waals surface area contributed by atoms with Crippen LogP contribution in [-0.4, -0.2) is 24.0 Å². The Balaban J connectivity index is 0.00000243. The first-order valence-electron chi connectivity index (χ1n) is 7.95. The van der Waals surface area contributed by atoms with Gasteiger partial charge in [0.2, 0.25) is 5.91 Å². The second-order valence-electron chi connectivity index (χ2n) is 6.20. The Bertz CT molecular complexity index is 762. The summed E-state index contributed by atoms with van der Waals surface area (Å²) in [5.41, 5.74) is -0.101. The maximum atomic E-state index is 12.8. The van der Waals surface area contributed by atoms with Crippen LogP contribution in [0.4, 0.5) is 18.3 Å². The van der Waals surface area contributed by atoms with Crippen LogP contribution in [0, 0.1) is 11.8 Å². The van der Waals surface area contributed by atoms with E-state index in [2.05, 4.69) is 15.6 Å². The zero-order valence-corrected chi connectivity index (χ0v) is 15.6. The lowest BCUT2D eigenvalue weighted by Gasteiger charge is -2.31. The van der Waals surface area contributed by atoms with E-state index in [1.165, 1.54) is 17.4 Å². The third-order valence-corrected chi connectivity index (χ3v) is 5.26. The van der Waals surface area contributed by atoms with Crippen molar-refractivity contribution in [3.63, 3.8) is 0 Å². The Morgan fingerprint density at radius 2 is 2.15 bits per heavy atom. The Hall–Kier alpha value is -1.64. The Morgan fingerprint density at radius 1 is 1.42 bits per heavy atom. The minimum absolute atomic E-state index is 0. The van der Waals surface area contributed by atoms with E-state index in [0.717, 1.165) is 30.1 Å². The number of thiazole rings is 1. The monoisotopic (exact) mass is 405 g/mol. The molecule has 2 heterocycles. The number of amides is 1. The average Bonchev–Trinajstić information content (AvgIpc) is 2.92. The summed E-state index contributed by atoms with van der Waals surface area (Å²) in [5.74, 6) is 0.160. The fourth-order valence-corrected chi connectivity index (χ4v) is 3.45. The summed E-state index contributed by atoms with van der Waals surface area (Å²) >= 11 is 1.28. The summed E-state index contributed by atoms with van der Waals surface area (Å²) in [6.07, 6.45) is -2.41. The van der Waals surface area contributed by atoms with Crippen molar-refractivity contribution in [3.8, 4) is 0 Å². The van der Waals surface area contributed by atoms with Crippen molar-refractivity contribution in [1.29, 1.82) is 0 Å². The van der Waals surface area contributed by atoms with Crippen LogP contribution in [0.3, 0.4) is 0 Å². The molecule has 142 valence electrons. The van der Waals surface area contributed by atoms with Gasteiger partial charge < -0.3 is 10.6 Å². The van der Waals surface area contributed by atoms with Gasteiger partial charge in [0.1, 0.15) is 0 Å². The first-order valence-corrected chi connectivity index (χ1v) is 8.77. The van der Waals surface area contributed by atoms with Crippen LogP contribution in [0.15, 0.2) is 30.5 Å². The van der Waals surface area contributed by atoms with Gasteiger partial charge in [0.25, 0.3) is 0 Å². The lowest BCUT2D eigenvalue weighted by molar-refractivity contribution is -0.137. The van der Waals surface area contributed by atoms with Gasteiger partial charge >= 0.3 is 6.18 Å². The number of halogens is 4. The summed E-state index contributed by atoms with van der Waals surface area (Å²) in [6, 6.07) is 5.25. The Kier molecular flexibility index (Phi) is 6.65. The van der Waals surface area contributed by atoms with Gasteiger partial charge in [-0.2, -0.15) is 13.2 Å². The van der Waals surface area contributed by atoms with E-state index in [-0.39, 0.29) is 24.2 Å². The van der Waals surface area contributed by atoms with Gasteiger partial charge in [-0.1, -0.05) is 25.1 Å². The quantitative estimate of drug-likeness (QED) is 0.791. The van der Waals surface area contributed by atoms with Crippen molar-refractivity contribution < 1.29 is 18.0 Å². The highest BCUT2D eigenvalue weighted by Gasteiger charge is 2.30. The maximum Gasteiger partial charge on any atom is 0.416 e. The lowest BCUT2D eigenvalue weighted by atomic mass is 9.88. The molecule has 0 spiro atoms. The van der Waals surface area contributed by atoms with Crippen molar-refractivity contribution in [2.45, 2.75) is 19.5 Å². The van der Waals surface area contributed by atoms with E-state index < -0.39 is 11.7 Å². The van der Waals surface area contributed by atoms with Gasteiger partial charge in [0, 0.05) is 23.4 Å². The molecule has 9 heteroatoms. The van der Waals surface area contributed by atoms with Crippen molar-refractivity contribution in [3.05, 3.63) is 46.5 Å². The number of nitrogens with zero attached hydrogens (tertiary/aromatic N) is 1. The first-order chi connectivity index (χ1) is 11.8. The SMILES string of the molecule is CC(C(=O)Nc1ncc(Cc2cccc(C(F)(F)F)c2)s1)C1CNC1.Cl. The molecule has 1 aromatic heterocycles. The normalized spacial score (nSPS) is 15.7. The van der Waals surface area contributed by atoms with Crippen LogP contribution >= 0.6 is 23.7 Å². The Morgan fingerprint density at radius 3 is 2.77 bits per heavy atom. The highest BCUT2D eigenvalue weighted by Crippen LogP contribution is 2.30. The molecule has 1 aliphatic rings. The van der Waals surface area contributed by atoms with Crippen LogP contribution in [0.5, 0.6) is 0 Å². The largest absolute Gasteiger partial charge is 0.416 e. The summed E-state index contributed by atoms with van der Waals surface area (Å²) in [7, 11) is 0. The number of rotatable bonds is 5. The number of nitrogens with one attached hydrogen (secondary N) is 2. The molecular weight excluding hydrogens is 387 g/mol. The van der Waals surface area contributed by atoms with E-state index in [9.17, 15) is 18.0 Å². The first kappa shape index (κ1) is 20.7. The van der Waals surface area contributed by atoms with Gasteiger partial charge in [-0.25, -0.2) is 4.98 Å². The number of alkyl halides is 3. The third kappa shape index (κ3) is 4.96. The molecule has 0 radical (unpaired) electrons. The van der Waals surface area contributed by atoms with E-state index in [4.69, 9.17) is 0 Å². The van der Waals surface area contributed by atoms with Crippen LogP contribution in [0.2, 0.25) is 0 Å². The van der Waals surface area contributed by atoms with Crippen molar-refractivity contribution in [1.82, 2.24) is 10.3 Å². The summed E-state index contributed by atoms with van der Waals surface area (Å²) in [4.78, 5) is 17.1. The van der Waals surface area contributed by atoms with E-state index in [1.54, 1.807) is 12.3 Å². The number of hydrogen-bond acceptors (Lipinski definition) is 4. The number of aromatic nitrogens is 1. The summed E-state index contributed by atoms with van der Waals surface area (Å²) in [6.45, 7) is 3.57. The van der Waals surface area contributed by atoms with E-state index >= 15 is 0 Å². The van der Waals surface area contributed by atoms with Crippen LogP contribution < -0.4 is 10.6 Å². The molecule has 2 N–H and O–H groups in total. The second kappa shape index (κ2) is 8.37. The summed E-state index contributed by atoms with van der Waals surface area (Å²) < 4.78 is 38.3. The van der Waals surface area contributed by atoms with E-state index in [1.807, 2.05) is 6.92 Å². The topological polar surface area (TPSA) is 54.0 Å². The van der Waals surface area contributed by atoms with Crippen molar-refractivity contribution in [2.24, 2.45) is 11.8 Å². The fraction of sp³-hybridized carbons (Fsp3) is 0.412. The van der Waals surface area contributed by atoms with Crippen LogP contribution in [0.25, 0.3) is 0 Å². The van der Waals surface area contributed by atoms with E-state index in [0.29, 0.717) is 23.0 Å². The molecule has 0 aliphatic carbocycles. The smallest absolute Gasteiger partial charge is 0.316 e. The number of anilines is 1. The van der Waals surface area contributed by atoms with Gasteiger partial charge in [0.15, 0.2) is 5.13 Å². The predicted molar refractivity (Wildman–Crippen MR) is 97.8 cm³/mol. The highest BCUT2D eigenvalue weighted by atomic mass is 35.5. The fourth-order valence-electron chi connectivity index (χ4n) is 2.60. The van der Waals surface area contributed by atoms with Crippen molar-refractivity contribution in [2.75, 3.05) is 18.4 Å². The maximum absolute atomic E-state index is 12.8. The summed E-state index contributed by atoms with van der Waals surface area (Å²) in [5, 5.41) is 6.41. The minimum Gasteiger partial charge on any atom is -0.316 e. The standard InChI is InChI=1S/C17H18F3N3OS.ClH/c1-10(12-7-21-8-12)15(24)23-16-22-9-14(25-16)6-11-3-2-4-13(5-11)17(18,19)20;/h2-5,9-10,12,21H,6-8H2,1H3,(H,22,23,24);1H. The molecule has 0 saturated carbocycles. The molecule has 1 aromatic carbocycles. The van der Waals surface area contributed by atoms with Gasteiger partial charge in [0.05, 0.1) is 5.56 Å². The highest BCUT2D eigenvalue weighted by molar-refractivity contribution is 7.15. The molecule has 2 aromatic rings. The zero-order valence-electron chi connectivity index (χ0n) is 14.0. The molecule has 3 rings (SSSR count). The van der Waals surface area contributed by atoms with Crippen LogP contribution in [0.1, 0.15) is 22.9 Å². The number of carbonyl (C=O) groups excluding carboxylic acids is 1. The molecule has 1 amide bonds. The molecule has 1 aliphatic heterocycles. The van der Waals surface area contributed by atoms with Gasteiger partial charge in [-0.3, -0.25) is 4.79 Å². The van der Waals surface area contributed by atoms with Crippen LogP contribution in [-0.2, 0) is 17.4 Å². The number of hydrogen-bond donors (Lipinski definition) is 2. The molecule has 0 bridgehead atoms. The predicted octanol–water partition coefficient (Wildman–Crippen LogP) is 3.97. The van der Waals surface area contributed by atoms with Gasteiger partial charge in [-0.15, -0.1) is 23.7 Å². The molecule has 1 unspecified atom stereocenters. The van der Waals surface area contributed by atoms with Gasteiger partial charge in [-0.05, 0) is 30.6 Å². The molecular formula is C17H19ClF3N3OS.